The smallest absolute Gasteiger partial charge is 0.241 e. The summed E-state index contributed by atoms with van der Waals surface area (Å²) in [6.07, 6.45) is 2.77. The van der Waals surface area contributed by atoms with E-state index < -0.39 is 6.17 Å². The van der Waals surface area contributed by atoms with Gasteiger partial charge in [-0.25, -0.2) is 4.39 Å². The highest BCUT2D eigenvalue weighted by Gasteiger charge is 2.26. The predicted molar refractivity (Wildman–Crippen MR) is 80.2 cm³/mol. The predicted octanol–water partition coefficient (Wildman–Crippen LogP) is 3.01. The van der Waals surface area contributed by atoms with E-state index in [1.165, 1.54) is 18.4 Å². The van der Waals surface area contributed by atoms with Gasteiger partial charge in [0.1, 0.15) is 6.17 Å². The molecular weight excluding hydrogens is 279 g/mol. The van der Waals surface area contributed by atoms with Crippen molar-refractivity contribution in [3.63, 3.8) is 0 Å². The zero-order chi connectivity index (χ0) is 13.2. The van der Waals surface area contributed by atoms with E-state index in [-0.39, 0.29) is 30.9 Å². The maximum absolute atomic E-state index is 13.0. The normalized spacial score (nSPS) is 25.6. The number of nitrogens with one attached hydrogen (secondary N) is 2. The zero-order valence-corrected chi connectivity index (χ0v) is 12.1. The van der Waals surface area contributed by atoms with Crippen molar-refractivity contribution in [3.05, 3.63) is 29.8 Å². The van der Waals surface area contributed by atoms with Crippen LogP contribution < -0.4 is 10.6 Å². The summed E-state index contributed by atoms with van der Waals surface area (Å²) in [5.74, 6) is 0.664. The molecule has 2 fully saturated rings. The maximum Gasteiger partial charge on any atom is 0.241 e. The molecular formula is C15H20ClFN2O. The second-order valence-electron chi connectivity index (χ2n) is 5.52. The first-order valence-corrected chi connectivity index (χ1v) is 7.00. The van der Waals surface area contributed by atoms with Gasteiger partial charge in [-0.1, -0.05) is 12.1 Å². The number of anilines is 1. The van der Waals surface area contributed by atoms with Crippen molar-refractivity contribution in [1.82, 2.24) is 5.32 Å². The lowest BCUT2D eigenvalue weighted by Gasteiger charge is -2.25. The molecule has 0 spiro atoms. The number of alkyl halides is 1. The van der Waals surface area contributed by atoms with Gasteiger partial charge in [0.2, 0.25) is 5.91 Å². The molecule has 1 aliphatic heterocycles. The Balaban J connectivity index is 0.00000147. The number of benzene rings is 1. The average molecular weight is 299 g/mol. The van der Waals surface area contributed by atoms with Crippen molar-refractivity contribution in [3.8, 4) is 0 Å². The number of piperidine rings is 1. The van der Waals surface area contributed by atoms with Crippen molar-refractivity contribution in [2.24, 2.45) is 0 Å². The number of rotatable bonds is 3. The number of hydrogen-bond donors (Lipinski definition) is 2. The van der Waals surface area contributed by atoms with Gasteiger partial charge in [-0.3, -0.25) is 4.79 Å². The molecule has 1 aromatic rings. The van der Waals surface area contributed by atoms with Crippen LogP contribution in [-0.4, -0.2) is 24.7 Å². The van der Waals surface area contributed by atoms with Gasteiger partial charge in [0.05, 0.1) is 6.04 Å². The highest BCUT2D eigenvalue weighted by molar-refractivity contribution is 5.94. The van der Waals surface area contributed by atoms with Gasteiger partial charge in [0.15, 0.2) is 0 Å². The standard InChI is InChI=1S/C15H19FN2O.ClH/c16-12-5-8-14(17-9-12)15(19)18-13-6-3-11(4-7-13)10-1-2-10;/h3-4,6-7,10,12,14,17H,1-2,5,8-9H2,(H,18,19);1H/t12-,14-;/m1./s1. The Labute approximate surface area is 124 Å². The van der Waals surface area contributed by atoms with Gasteiger partial charge in [-0.2, -0.15) is 0 Å². The SMILES string of the molecule is Cl.O=C(Nc1ccc(C2CC2)cc1)[C@H]1CC[C@@H](F)CN1. The number of carbonyl (C=O) groups is 1. The molecule has 2 atom stereocenters. The number of halogens is 2. The third-order valence-electron chi connectivity index (χ3n) is 3.90. The second-order valence-corrected chi connectivity index (χ2v) is 5.52. The summed E-state index contributed by atoms with van der Waals surface area (Å²) in [6.45, 7) is 0.276. The Bertz CT molecular complexity index is 453. The van der Waals surface area contributed by atoms with Crippen LogP contribution in [-0.2, 0) is 4.79 Å². The summed E-state index contributed by atoms with van der Waals surface area (Å²) in [7, 11) is 0. The van der Waals surface area contributed by atoms with Crippen LogP contribution in [0.5, 0.6) is 0 Å². The molecule has 3 rings (SSSR count). The molecule has 1 aromatic carbocycles. The summed E-state index contributed by atoms with van der Waals surface area (Å²) in [5.41, 5.74) is 2.17. The third kappa shape index (κ3) is 3.70. The van der Waals surface area contributed by atoms with E-state index >= 15 is 0 Å². The minimum Gasteiger partial charge on any atom is -0.325 e. The number of hydrogen-bond acceptors (Lipinski definition) is 2. The van der Waals surface area contributed by atoms with E-state index in [4.69, 9.17) is 0 Å². The van der Waals surface area contributed by atoms with Crippen LogP contribution in [0.4, 0.5) is 10.1 Å². The van der Waals surface area contributed by atoms with Crippen molar-refractivity contribution in [2.75, 3.05) is 11.9 Å². The van der Waals surface area contributed by atoms with Crippen molar-refractivity contribution in [1.29, 1.82) is 0 Å². The Morgan fingerprint density at radius 3 is 2.40 bits per heavy atom. The van der Waals surface area contributed by atoms with E-state index in [1.54, 1.807) is 0 Å². The molecule has 0 bridgehead atoms. The Morgan fingerprint density at radius 1 is 1.15 bits per heavy atom. The monoisotopic (exact) mass is 298 g/mol. The van der Waals surface area contributed by atoms with Crippen molar-refractivity contribution < 1.29 is 9.18 Å². The first-order valence-electron chi connectivity index (χ1n) is 7.00. The van der Waals surface area contributed by atoms with E-state index in [0.717, 1.165) is 11.6 Å². The Kier molecular flexibility index (Phi) is 5.00. The molecule has 1 saturated heterocycles. The largest absolute Gasteiger partial charge is 0.325 e. The third-order valence-corrected chi connectivity index (χ3v) is 3.90. The van der Waals surface area contributed by atoms with Crippen LogP contribution in [0.25, 0.3) is 0 Å². The van der Waals surface area contributed by atoms with Gasteiger partial charge < -0.3 is 10.6 Å². The highest BCUT2D eigenvalue weighted by atomic mass is 35.5. The summed E-state index contributed by atoms with van der Waals surface area (Å²) in [6, 6.07) is 7.80. The van der Waals surface area contributed by atoms with Crippen molar-refractivity contribution in [2.45, 2.75) is 43.8 Å². The molecule has 1 amide bonds. The highest BCUT2D eigenvalue weighted by Crippen LogP contribution is 2.40. The molecule has 20 heavy (non-hydrogen) atoms. The van der Waals surface area contributed by atoms with Gasteiger partial charge in [-0.15, -0.1) is 12.4 Å². The van der Waals surface area contributed by atoms with Crippen LogP contribution in [0.1, 0.15) is 37.2 Å². The number of carbonyl (C=O) groups excluding carboxylic acids is 1. The summed E-state index contributed by atoms with van der Waals surface area (Å²) in [5, 5.41) is 5.83. The minimum atomic E-state index is -0.818. The molecule has 1 aliphatic carbocycles. The van der Waals surface area contributed by atoms with Gasteiger partial charge in [-0.05, 0) is 49.3 Å². The van der Waals surface area contributed by atoms with E-state index in [9.17, 15) is 9.18 Å². The van der Waals surface area contributed by atoms with Crippen LogP contribution in [0.15, 0.2) is 24.3 Å². The Hall–Kier alpha value is -1.13. The number of amides is 1. The van der Waals surface area contributed by atoms with E-state index in [2.05, 4.69) is 22.8 Å². The molecule has 2 N–H and O–H groups in total. The summed E-state index contributed by atoms with van der Waals surface area (Å²) in [4.78, 5) is 12.0. The first kappa shape index (κ1) is 15.3. The average Bonchev–Trinajstić information content (AvgIpc) is 3.25. The fourth-order valence-corrected chi connectivity index (χ4v) is 2.53. The minimum absolute atomic E-state index is 0. The van der Waals surface area contributed by atoms with Crippen LogP contribution in [0.2, 0.25) is 0 Å². The zero-order valence-electron chi connectivity index (χ0n) is 11.3. The van der Waals surface area contributed by atoms with E-state index in [1.807, 2.05) is 12.1 Å². The summed E-state index contributed by atoms with van der Waals surface area (Å²) >= 11 is 0. The van der Waals surface area contributed by atoms with Crippen LogP contribution in [0.3, 0.4) is 0 Å². The molecule has 0 unspecified atom stereocenters. The topological polar surface area (TPSA) is 41.1 Å². The van der Waals surface area contributed by atoms with Gasteiger partial charge in [0, 0.05) is 12.2 Å². The Morgan fingerprint density at radius 2 is 1.85 bits per heavy atom. The quantitative estimate of drug-likeness (QED) is 0.900. The molecule has 1 saturated carbocycles. The molecule has 110 valence electrons. The van der Waals surface area contributed by atoms with Gasteiger partial charge >= 0.3 is 0 Å². The molecule has 2 aliphatic rings. The summed E-state index contributed by atoms with van der Waals surface area (Å²) < 4.78 is 13.0. The lowest BCUT2D eigenvalue weighted by atomic mass is 10.0. The lowest BCUT2D eigenvalue weighted by Crippen LogP contribution is -2.47. The van der Waals surface area contributed by atoms with Crippen LogP contribution >= 0.6 is 12.4 Å². The maximum atomic E-state index is 13.0. The molecule has 5 heteroatoms. The van der Waals surface area contributed by atoms with Crippen LogP contribution in [0, 0.1) is 0 Å². The molecule has 3 nitrogen and oxygen atoms in total. The van der Waals surface area contributed by atoms with Crippen molar-refractivity contribution >= 4 is 24.0 Å². The fourth-order valence-electron chi connectivity index (χ4n) is 2.53. The molecule has 1 heterocycles. The van der Waals surface area contributed by atoms with E-state index in [0.29, 0.717) is 12.8 Å². The lowest BCUT2D eigenvalue weighted by molar-refractivity contribution is -0.118. The molecule has 0 radical (unpaired) electrons. The molecule has 0 aromatic heterocycles. The fraction of sp³-hybridized carbons (Fsp3) is 0.533. The second kappa shape index (κ2) is 6.55. The van der Waals surface area contributed by atoms with Gasteiger partial charge in [0.25, 0.3) is 0 Å². The first-order chi connectivity index (χ1) is 9.22.